The summed E-state index contributed by atoms with van der Waals surface area (Å²) in [4.78, 5) is 28.8. The van der Waals surface area contributed by atoms with Crippen LogP contribution in [0.3, 0.4) is 0 Å². The lowest BCUT2D eigenvalue weighted by Gasteiger charge is -2.30. The van der Waals surface area contributed by atoms with Crippen molar-refractivity contribution in [3.8, 4) is 0 Å². The number of thioether (sulfide) groups is 1. The predicted molar refractivity (Wildman–Crippen MR) is 110 cm³/mol. The Morgan fingerprint density at radius 2 is 1.78 bits per heavy atom. The molecule has 1 fully saturated rings. The molecular formula is C21H32N2O3S. The van der Waals surface area contributed by atoms with Gasteiger partial charge in [0.15, 0.2) is 0 Å². The van der Waals surface area contributed by atoms with Crippen molar-refractivity contribution in [3.05, 3.63) is 22.6 Å². The van der Waals surface area contributed by atoms with Crippen LogP contribution in [-0.4, -0.2) is 58.8 Å². The molecule has 0 aromatic carbocycles. The maximum Gasteiger partial charge on any atom is 0.410 e. The molecule has 150 valence electrons. The highest BCUT2D eigenvalue weighted by molar-refractivity contribution is 8.03. The van der Waals surface area contributed by atoms with E-state index < -0.39 is 5.60 Å². The van der Waals surface area contributed by atoms with Gasteiger partial charge in [-0.1, -0.05) is 24.5 Å². The topological polar surface area (TPSA) is 49.9 Å². The molecule has 3 rings (SSSR count). The molecule has 0 aromatic rings. The molecular weight excluding hydrogens is 360 g/mol. The predicted octanol–water partition coefficient (Wildman–Crippen LogP) is 4.35. The molecule has 0 saturated carbocycles. The number of likely N-dealkylation sites (tertiary alicyclic amines) is 1. The van der Waals surface area contributed by atoms with E-state index >= 15 is 0 Å². The van der Waals surface area contributed by atoms with Crippen molar-refractivity contribution in [1.29, 1.82) is 0 Å². The van der Waals surface area contributed by atoms with Crippen molar-refractivity contribution in [2.24, 2.45) is 0 Å². The Hall–Kier alpha value is -1.43. The SMILES string of the molecule is CC(C)(C)OC(=O)N1CC=C(C2CC(C(=O)N3CCCCCC3)=CS2)CC1. The maximum atomic E-state index is 12.8. The first-order chi connectivity index (χ1) is 12.8. The van der Waals surface area contributed by atoms with E-state index in [2.05, 4.69) is 11.5 Å². The molecule has 3 aliphatic heterocycles. The first kappa shape index (κ1) is 20.3. The van der Waals surface area contributed by atoms with E-state index in [4.69, 9.17) is 4.74 Å². The Balaban J connectivity index is 1.51. The molecule has 1 atom stereocenters. The molecule has 5 nitrogen and oxygen atoms in total. The molecule has 1 unspecified atom stereocenters. The number of ether oxygens (including phenoxy) is 1. The summed E-state index contributed by atoms with van der Waals surface area (Å²) in [5, 5.41) is 2.41. The standard InChI is InChI=1S/C21H32N2O3S/c1-21(2,3)26-20(25)23-12-8-16(9-13-23)18-14-17(15-27-18)19(24)22-10-6-4-5-7-11-22/h8,15,18H,4-7,9-14H2,1-3H3. The summed E-state index contributed by atoms with van der Waals surface area (Å²) in [6.07, 6.45) is 8.31. The molecule has 0 spiro atoms. The molecule has 0 aromatic heterocycles. The average Bonchev–Trinajstić information content (AvgIpc) is 2.95. The molecule has 3 heterocycles. The molecule has 6 heteroatoms. The summed E-state index contributed by atoms with van der Waals surface area (Å²) < 4.78 is 5.46. The third kappa shape index (κ3) is 5.53. The van der Waals surface area contributed by atoms with Crippen LogP contribution in [0.5, 0.6) is 0 Å². The van der Waals surface area contributed by atoms with E-state index in [0.717, 1.165) is 44.3 Å². The van der Waals surface area contributed by atoms with Gasteiger partial charge in [-0.15, -0.1) is 11.8 Å². The van der Waals surface area contributed by atoms with Crippen LogP contribution >= 0.6 is 11.8 Å². The zero-order valence-corrected chi connectivity index (χ0v) is 17.6. The van der Waals surface area contributed by atoms with Crippen molar-refractivity contribution in [2.45, 2.75) is 70.1 Å². The van der Waals surface area contributed by atoms with Gasteiger partial charge < -0.3 is 14.5 Å². The zero-order valence-electron chi connectivity index (χ0n) is 16.8. The molecule has 0 bridgehead atoms. The summed E-state index contributed by atoms with van der Waals surface area (Å²) >= 11 is 1.76. The minimum absolute atomic E-state index is 0.235. The van der Waals surface area contributed by atoms with E-state index in [0.29, 0.717) is 18.3 Å². The summed E-state index contributed by atoms with van der Waals surface area (Å²) in [5.74, 6) is 0.235. The minimum atomic E-state index is -0.463. The second-order valence-corrected chi connectivity index (χ2v) is 9.71. The van der Waals surface area contributed by atoms with Gasteiger partial charge in [0.25, 0.3) is 0 Å². The molecule has 3 aliphatic rings. The van der Waals surface area contributed by atoms with Crippen LogP contribution < -0.4 is 0 Å². The van der Waals surface area contributed by atoms with Crippen LogP contribution in [0.2, 0.25) is 0 Å². The Labute approximate surface area is 167 Å². The minimum Gasteiger partial charge on any atom is -0.444 e. The van der Waals surface area contributed by atoms with Gasteiger partial charge in [0.1, 0.15) is 5.60 Å². The Bertz CT molecular complexity index is 628. The maximum absolute atomic E-state index is 12.8. The van der Waals surface area contributed by atoms with Gasteiger partial charge in [-0.3, -0.25) is 4.79 Å². The number of hydrogen-bond acceptors (Lipinski definition) is 4. The second kappa shape index (κ2) is 8.72. The van der Waals surface area contributed by atoms with Gasteiger partial charge >= 0.3 is 6.09 Å². The molecule has 1 saturated heterocycles. The second-order valence-electron chi connectivity index (χ2n) is 8.63. The number of hydrogen-bond donors (Lipinski definition) is 0. The van der Waals surface area contributed by atoms with Crippen molar-refractivity contribution < 1.29 is 14.3 Å². The smallest absolute Gasteiger partial charge is 0.410 e. The van der Waals surface area contributed by atoms with Crippen molar-refractivity contribution in [3.63, 3.8) is 0 Å². The first-order valence-electron chi connectivity index (χ1n) is 10.1. The highest BCUT2D eigenvalue weighted by Crippen LogP contribution is 2.38. The largest absolute Gasteiger partial charge is 0.444 e. The summed E-state index contributed by atoms with van der Waals surface area (Å²) in [5.41, 5.74) is 1.85. The van der Waals surface area contributed by atoms with Crippen molar-refractivity contribution in [2.75, 3.05) is 26.2 Å². The Morgan fingerprint density at radius 1 is 1.07 bits per heavy atom. The number of amides is 2. The Morgan fingerprint density at radius 3 is 2.37 bits per heavy atom. The lowest BCUT2D eigenvalue weighted by atomic mass is 9.99. The van der Waals surface area contributed by atoms with E-state index in [1.54, 1.807) is 16.7 Å². The van der Waals surface area contributed by atoms with Crippen LogP contribution in [0.4, 0.5) is 4.79 Å². The van der Waals surface area contributed by atoms with Crippen LogP contribution in [-0.2, 0) is 9.53 Å². The average molecular weight is 393 g/mol. The van der Waals surface area contributed by atoms with Gasteiger partial charge in [0.2, 0.25) is 5.91 Å². The zero-order chi connectivity index (χ0) is 19.4. The third-order valence-corrected chi connectivity index (χ3v) is 6.48. The van der Waals surface area contributed by atoms with Crippen molar-refractivity contribution in [1.82, 2.24) is 9.80 Å². The lowest BCUT2D eigenvalue weighted by molar-refractivity contribution is -0.127. The molecule has 0 radical (unpaired) electrons. The van der Waals surface area contributed by atoms with E-state index in [1.165, 1.54) is 18.4 Å². The highest BCUT2D eigenvalue weighted by Gasteiger charge is 2.31. The normalized spacial score (nSPS) is 24.2. The summed E-state index contributed by atoms with van der Waals surface area (Å²) in [6, 6.07) is 0. The fourth-order valence-corrected chi connectivity index (χ4v) is 4.95. The quantitative estimate of drug-likeness (QED) is 0.656. The van der Waals surface area contributed by atoms with Gasteiger partial charge in [-0.25, -0.2) is 4.79 Å². The molecule has 0 aliphatic carbocycles. The van der Waals surface area contributed by atoms with Gasteiger partial charge in [-0.2, -0.15) is 0 Å². The Kier molecular flexibility index (Phi) is 6.56. The first-order valence-corrected chi connectivity index (χ1v) is 11.1. The summed E-state index contributed by atoms with van der Waals surface area (Å²) in [7, 11) is 0. The third-order valence-electron chi connectivity index (χ3n) is 5.26. The van der Waals surface area contributed by atoms with Gasteiger partial charge in [-0.05, 0) is 51.9 Å². The number of carbonyl (C=O) groups excluding carboxylic acids is 2. The van der Waals surface area contributed by atoms with E-state index in [1.807, 2.05) is 25.7 Å². The summed E-state index contributed by atoms with van der Waals surface area (Å²) in [6.45, 7) is 8.75. The van der Waals surface area contributed by atoms with Crippen LogP contribution in [0.25, 0.3) is 0 Å². The fraction of sp³-hybridized carbons (Fsp3) is 0.714. The highest BCUT2D eigenvalue weighted by atomic mass is 32.2. The lowest BCUT2D eigenvalue weighted by Crippen LogP contribution is -2.39. The van der Waals surface area contributed by atoms with Gasteiger partial charge in [0, 0.05) is 37.0 Å². The monoisotopic (exact) mass is 392 g/mol. The van der Waals surface area contributed by atoms with Crippen LogP contribution in [0, 0.1) is 0 Å². The number of rotatable bonds is 2. The molecule has 0 N–H and O–H groups in total. The van der Waals surface area contributed by atoms with Crippen LogP contribution in [0.1, 0.15) is 59.3 Å². The van der Waals surface area contributed by atoms with E-state index in [-0.39, 0.29) is 12.0 Å². The molecule has 2 amide bonds. The fourth-order valence-electron chi connectivity index (χ4n) is 3.76. The van der Waals surface area contributed by atoms with Crippen LogP contribution in [0.15, 0.2) is 22.6 Å². The van der Waals surface area contributed by atoms with Crippen molar-refractivity contribution >= 4 is 23.8 Å². The van der Waals surface area contributed by atoms with Gasteiger partial charge in [0.05, 0.1) is 0 Å². The van der Waals surface area contributed by atoms with E-state index in [9.17, 15) is 9.59 Å². The number of nitrogens with zero attached hydrogens (tertiary/aromatic N) is 2. The molecule has 27 heavy (non-hydrogen) atoms. The number of carbonyl (C=O) groups is 2.